The van der Waals surface area contributed by atoms with E-state index in [9.17, 15) is 4.79 Å². The van der Waals surface area contributed by atoms with E-state index >= 15 is 0 Å². The lowest BCUT2D eigenvalue weighted by Crippen LogP contribution is -3.00. The van der Waals surface area contributed by atoms with Gasteiger partial charge in [-0.1, -0.05) is 54.6 Å². The maximum Gasteiger partial charge on any atom is 0.227 e. The van der Waals surface area contributed by atoms with Crippen LogP contribution in [0.1, 0.15) is 10.4 Å². The standard InChI is InChI=1S/C19H14Br2NO.BrH/c20-17-10-18(21)12-22(11-17)13-19(23)16-8-6-15(7-9-16)14-4-2-1-3-5-14;/h1-12H,13H2;1H/q+1;/p-1. The van der Waals surface area contributed by atoms with Gasteiger partial charge < -0.3 is 17.0 Å². The molecule has 0 saturated carbocycles. The van der Waals surface area contributed by atoms with Crippen molar-refractivity contribution in [1.29, 1.82) is 0 Å². The third-order valence-corrected chi connectivity index (χ3v) is 4.36. The average Bonchev–Trinajstić information content (AvgIpc) is 2.55. The molecule has 122 valence electrons. The molecule has 0 saturated heterocycles. The third-order valence-electron chi connectivity index (χ3n) is 3.49. The van der Waals surface area contributed by atoms with Gasteiger partial charge in [0.15, 0.2) is 12.4 Å². The molecule has 0 unspecified atom stereocenters. The quantitative estimate of drug-likeness (QED) is 0.388. The summed E-state index contributed by atoms with van der Waals surface area (Å²) in [7, 11) is 0. The molecule has 0 N–H and O–H groups in total. The predicted octanol–water partition coefficient (Wildman–Crippen LogP) is 2.05. The van der Waals surface area contributed by atoms with E-state index in [4.69, 9.17) is 0 Å². The number of aromatic nitrogens is 1. The van der Waals surface area contributed by atoms with E-state index in [-0.39, 0.29) is 22.8 Å². The van der Waals surface area contributed by atoms with Crippen molar-refractivity contribution in [1.82, 2.24) is 0 Å². The summed E-state index contributed by atoms with van der Waals surface area (Å²) in [5.74, 6) is 0.0830. The molecule has 0 fully saturated rings. The number of halogens is 3. The maximum atomic E-state index is 12.4. The highest BCUT2D eigenvalue weighted by Crippen LogP contribution is 2.19. The Balaban J connectivity index is 0.00000208. The molecule has 3 aromatic rings. The Bertz CT molecular complexity index is 813. The molecule has 2 aromatic carbocycles. The summed E-state index contributed by atoms with van der Waals surface area (Å²) in [6, 6.07) is 19.8. The number of nitrogens with zero attached hydrogens (tertiary/aromatic N) is 1. The summed E-state index contributed by atoms with van der Waals surface area (Å²) in [6.45, 7) is 0.308. The van der Waals surface area contributed by atoms with Crippen molar-refractivity contribution < 1.29 is 26.3 Å². The van der Waals surface area contributed by atoms with Crippen molar-refractivity contribution in [3.05, 3.63) is 87.6 Å². The first kappa shape index (κ1) is 19.0. The minimum absolute atomic E-state index is 0. The Kier molecular flexibility index (Phi) is 6.90. The summed E-state index contributed by atoms with van der Waals surface area (Å²) < 4.78 is 3.72. The molecular formula is C19H14Br3NO. The Morgan fingerprint density at radius 2 is 1.38 bits per heavy atom. The lowest BCUT2D eigenvalue weighted by molar-refractivity contribution is -0.684. The number of rotatable bonds is 4. The normalized spacial score (nSPS) is 10.1. The number of pyridine rings is 1. The van der Waals surface area contributed by atoms with Crippen LogP contribution in [0.5, 0.6) is 0 Å². The van der Waals surface area contributed by atoms with Crippen LogP contribution in [-0.2, 0) is 6.54 Å². The zero-order valence-electron chi connectivity index (χ0n) is 12.6. The highest BCUT2D eigenvalue weighted by molar-refractivity contribution is 9.11. The van der Waals surface area contributed by atoms with Gasteiger partial charge in [0.2, 0.25) is 12.3 Å². The van der Waals surface area contributed by atoms with Gasteiger partial charge in [-0.3, -0.25) is 4.79 Å². The number of Topliss-reactive ketones (excluding diaryl/α,β-unsaturated/α-hetero) is 1. The molecule has 2 nitrogen and oxygen atoms in total. The summed E-state index contributed by atoms with van der Waals surface area (Å²) in [5.41, 5.74) is 2.98. The fourth-order valence-corrected chi connectivity index (χ4v) is 3.71. The number of hydrogen-bond donors (Lipinski definition) is 0. The summed E-state index contributed by atoms with van der Waals surface area (Å²) >= 11 is 6.86. The molecule has 0 amide bonds. The van der Waals surface area contributed by atoms with Crippen LogP contribution in [0.4, 0.5) is 0 Å². The molecule has 0 radical (unpaired) electrons. The van der Waals surface area contributed by atoms with Crippen LogP contribution >= 0.6 is 31.9 Å². The first-order chi connectivity index (χ1) is 11.1. The summed E-state index contributed by atoms with van der Waals surface area (Å²) in [5, 5.41) is 0. The molecule has 3 rings (SSSR count). The van der Waals surface area contributed by atoms with Crippen molar-refractivity contribution in [2.45, 2.75) is 6.54 Å². The van der Waals surface area contributed by atoms with Crippen LogP contribution in [0.25, 0.3) is 11.1 Å². The third kappa shape index (κ3) is 4.85. The zero-order chi connectivity index (χ0) is 16.2. The van der Waals surface area contributed by atoms with Crippen LogP contribution in [0, 0.1) is 0 Å². The topological polar surface area (TPSA) is 20.9 Å². The van der Waals surface area contributed by atoms with Gasteiger partial charge in [-0.25, -0.2) is 0 Å². The fraction of sp³-hybridized carbons (Fsp3) is 0.0526. The minimum atomic E-state index is 0. The molecule has 0 aliphatic carbocycles. The molecule has 0 bridgehead atoms. The SMILES string of the molecule is O=C(C[n+]1cc(Br)cc(Br)c1)c1ccc(-c2ccccc2)cc1.[Br-]. The molecule has 0 aliphatic rings. The molecule has 24 heavy (non-hydrogen) atoms. The number of carbonyl (C=O) groups excluding carboxylic acids is 1. The van der Waals surface area contributed by atoms with E-state index in [1.54, 1.807) is 0 Å². The lowest BCUT2D eigenvalue weighted by atomic mass is 10.0. The molecule has 5 heteroatoms. The Morgan fingerprint density at radius 3 is 1.96 bits per heavy atom. The van der Waals surface area contributed by atoms with E-state index in [1.807, 2.05) is 65.5 Å². The van der Waals surface area contributed by atoms with Gasteiger partial charge in [0.1, 0.15) is 0 Å². The first-order valence-electron chi connectivity index (χ1n) is 7.16. The van der Waals surface area contributed by atoms with E-state index in [0.29, 0.717) is 12.1 Å². The van der Waals surface area contributed by atoms with Crippen molar-refractivity contribution in [3.8, 4) is 11.1 Å². The minimum Gasteiger partial charge on any atom is -1.00 e. The van der Waals surface area contributed by atoms with Crippen LogP contribution in [0.15, 0.2) is 82.0 Å². The number of benzene rings is 2. The number of carbonyl (C=O) groups is 1. The van der Waals surface area contributed by atoms with Crippen molar-refractivity contribution in [3.63, 3.8) is 0 Å². The van der Waals surface area contributed by atoms with Gasteiger partial charge in [0.25, 0.3) is 0 Å². The Hall–Kier alpha value is -1.30. The van der Waals surface area contributed by atoms with Gasteiger partial charge in [0.05, 0.1) is 8.95 Å². The van der Waals surface area contributed by atoms with Gasteiger partial charge in [0, 0.05) is 5.56 Å². The monoisotopic (exact) mass is 509 g/mol. The molecule has 1 aromatic heterocycles. The molecule has 0 aliphatic heterocycles. The lowest BCUT2D eigenvalue weighted by Gasteiger charge is -2.03. The Labute approximate surface area is 168 Å². The zero-order valence-corrected chi connectivity index (χ0v) is 17.4. The van der Waals surface area contributed by atoms with Crippen LogP contribution in [0.3, 0.4) is 0 Å². The smallest absolute Gasteiger partial charge is 0.227 e. The van der Waals surface area contributed by atoms with Gasteiger partial charge in [-0.05, 0) is 49.1 Å². The van der Waals surface area contributed by atoms with Crippen molar-refractivity contribution >= 4 is 37.6 Å². The summed E-state index contributed by atoms with van der Waals surface area (Å²) in [6.07, 6.45) is 3.78. The van der Waals surface area contributed by atoms with Gasteiger partial charge in [-0.15, -0.1) is 0 Å². The van der Waals surface area contributed by atoms with E-state index in [1.165, 1.54) is 0 Å². The van der Waals surface area contributed by atoms with Crippen LogP contribution in [0.2, 0.25) is 0 Å². The van der Waals surface area contributed by atoms with E-state index < -0.39 is 0 Å². The molecule has 1 heterocycles. The summed E-state index contributed by atoms with van der Waals surface area (Å²) in [4.78, 5) is 12.4. The maximum absolute atomic E-state index is 12.4. The number of ketones is 1. The molecule has 0 atom stereocenters. The Morgan fingerprint density at radius 1 is 0.833 bits per heavy atom. The fourth-order valence-electron chi connectivity index (χ4n) is 2.39. The van der Waals surface area contributed by atoms with Gasteiger partial charge >= 0.3 is 0 Å². The van der Waals surface area contributed by atoms with E-state index in [0.717, 1.165) is 20.1 Å². The van der Waals surface area contributed by atoms with Crippen molar-refractivity contribution in [2.24, 2.45) is 0 Å². The first-order valence-corrected chi connectivity index (χ1v) is 8.74. The van der Waals surface area contributed by atoms with Crippen LogP contribution < -0.4 is 21.5 Å². The average molecular weight is 512 g/mol. The second-order valence-corrected chi connectivity index (χ2v) is 7.04. The molecular weight excluding hydrogens is 498 g/mol. The largest absolute Gasteiger partial charge is 1.00 e. The second kappa shape index (κ2) is 8.70. The van der Waals surface area contributed by atoms with Crippen molar-refractivity contribution in [2.75, 3.05) is 0 Å². The number of hydrogen-bond acceptors (Lipinski definition) is 1. The highest BCUT2D eigenvalue weighted by atomic mass is 79.9. The second-order valence-electron chi connectivity index (χ2n) is 5.21. The van der Waals surface area contributed by atoms with Crippen LogP contribution in [-0.4, -0.2) is 5.78 Å². The highest BCUT2D eigenvalue weighted by Gasteiger charge is 2.13. The molecule has 0 spiro atoms. The predicted molar refractivity (Wildman–Crippen MR) is 98.2 cm³/mol. The van der Waals surface area contributed by atoms with E-state index in [2.05, 4.69) is 44.0 Å². The van der Waals surface area contributed by atoms with Gasteiger partial charge in [-0.2, -0.15) is 4.57 Å².